The predicted octanol–water partition coefficient (Wildman–Crippen LogP) is 6.07. The summed E-state index contributed by atoms with van der Waals surface area (Å²) < 4.78 is 45.4. The lowest BCUT2D eigenvalue weighted by atomic mass is 9.95. The Kier molecular flexibility index (Phi) is 6.81. The minimum atomic E-state index is -1.22. The molecule has 170 valence electrons. The maximum atomic E-state index is 14.1. The van der Waals surface area contributed by atoms with Crippen molar-refractivity contribution in [2.75, 3.05) is 6.26 Å². The zero-order valence-electron chi connectivity index (χ0n) is 17.9. The van der Waals surface area contributed by atoms with Crippen molar-refractivity contribution in [2.45, 2.75) is 30.8 Å². The summed E-state index contributed by atoms with van der Waals surface area (Å²) in [6, 6.07) is 15.4. The highest BCUT2D eigenvalue weighted by Crippen LogP contribution is 2.43. The van der Waals surface area contributed by atoms with Gasteiger partial charge < -0.3 is 14.4 Å². The number of carboxylic acids is 1. The van der Waals surface area contributed by atoms with Crippen LogP contribution in [0.4, 0.5) is 8.78 Å². The average Bonchev–Trinajstić information content (AvgIpc) is 3.28. The first-order valence-electron chi connectivity index (χ1n) is 10.4. The summed E-state index contributed by atoms with van der Waals surface area (Å²) in [5.74, 6) is -1.84. The van der Waals surface area contributed by atoms with Crippen LogP contribution in [0.5, 0.6) is 5.75 Å². The molecule has 0 heterocycles. The first-order chi connectivity index (χ1) is 15.8. The van der Waals surface area contributed by atoms with Gasteiger partial charge >= 0.3 is 5.97 Å². The van der Waals surface area contributed by atoms with E-state index in [-0.39, 0.29) is 17.7 Å². The zero-order chi connectivity index (χ0) is 23.5. The molecule has 1 aliphatic rings. The van der Waals surface area contributed by atoms with Crippen molar-refractivity contribution < 1.29 is 28.0 Å². The molecule has 0 aliphatic heterocycles. The molecular weight excluding hydrogens is 446 g/mol. The monoisotopic (exact) mass is 468 g/mol. The summed E-state index contributed by atoms with van der Waals surface area (Å²) in [6.07, 6.45) is 3.98. The molecule has 1 N–H and O–H groups in total. The van der Waals surface area contributed by atoms with E-state index in [9.17, 15) is 23.2 Å². The summed E-state index contributed by atoms with van der Waals surface area (Å²) in [5.41, 5.74) is 3.99. The maximum absolute atomic E-state index is 14.1. The van der Waals surface area contributed by atoms with Gasteiger partial charge in [0.15, 0.2) is 4.90 Å². The minimum Gasteiger partial charge on any atom is -0.612 e. The van der Waals surface area contributed by atoms with Gasteiger partial charge in [0, 0.05) is 23.3 Å². The van der Waals surface area contributed by atoms with Crippen molar-refractivity contribution in [3.8, 4) is 5.75 Å². The fraction of sp³-hybridized carbons (Fsp3) is 0.192. The molecule has 0 saturated heterocycles. The van der Waals surface area contributed by atoms with Gasteiger partial charge in [0.25, 0.3) is 0 Å². The zero-order valence-corrected chi connectivity index (χ0v) is 18.8. The molecule has 0 fully saturated rings. The third-order valence-corrected chi connectivity index (χ3v) is 6.60. The van der Waals surface area contributed by atoms with Crippen molar-refractivity contribution in [1.82, 2.24) is 0 Å². The number of rotatable bonds is 7. The molecule has 1 aliphatic carbocycles. The molecule has 0 aromatic heterocycles. The van der Waals surface area contributed by atoms with Crippen LogP contribution in [-0.2, 0) is 17.8 Å². The summed E-state index contributed by atoms with van der Waals surface area (Å²) in [5, 5.41) is 9.37. The molecule has 0 bridgehead atoms. The molecule has 0 amide bonds. The topological polar surface area (TPSA) is 69.6 Å². The first kappa shape index (κ1) is 23.0. The van der Waals surface area contributed by atoms with Crippen LogP contribution in [0.15, 0.2) is 65.6 Å². The summed E-state index contributed by atoms with van der Waals surface area (Å²) in [6.45, 7) is -0.0925. The van der Waals surface area contributed by atoms with Gasteiger partial charge in [-0.3, -0.25) is 0 Å². The van der Waals surface area contributed by atoms with Crippen molar-refractivity contribution in [3.05, 3.63) is 94.6 Å². The van der Waals surface area contributed by atoms with Crippen LogP contribution in [-0.4, -0.2) is 21.9 Å². The SMILES string of the molecule is C[S+]([O-])c1ccc(OCc2ccc(F)cc2F)c(C2=C(c3cccc(C(=O)O)c3)CCC2)c1. The Balaban J connectivity index is 1.76. The number of hydrogen-bond donors (Lipinski definition) is 1. The van der Waals surface area contributed by atoms with E-state index in [0.717, 1.165) is 47.6 Å². The lowest BCUT2D eigenvalue weighted by Gasteiger charge is -2.16. The maximum Gasteiger partial charge on any atom is 0.335 e. The molecule has 3 aromatic carbocycles. The summed E-state index contributed by atoms with van der Waals surface area (Å²) in [7, 11) is 0. The second-order valence-electron chi connectivity index (χ2n) is 7.83. The third-order valence-electron chi connectivity index (χ3n) is 5.68. The Morgan fingerprint density at radius 2 is 1.85 bits per heavy atom. The first-order valence-corrected chi connectivity index (χ1v) is 12.0. The second kappa shape index (κ2) is 9.77. The number of ether oxygens (including phenoxy) is 1. The number of carbonyl (C=O) groups is 1. The molecule has 3 aromatic rings. The van der Waals surface area contributed by atoms with E-state index in [0.29, 0.717) is 10.6 Å². The standard InChI is InChI=1S/C26H22F2O4S/c1-33(31)20-10-11-25(32-15-18-8-9-19(27)13-24(18)28)23(14-20)22-7-3-6-21(22)16-4-2-5-17(12-16)26(29)30/h2,4-5,8-14H,3,6-7,15H2,1H3,(H,29,30). The summed E-state index contributed by atoms with van der Waals surface area (Å²) in [4.78, 5) is 12.1. The molecule has 4 nitrogen and oxygen atoms in total. The van der Waals surface area contributed by atoms with Crippen molar-refractivity contribution >= 4 is 28.3 Å². The number of benzene rings is 3. The predicted molar refractivity (Wildman–Crippen MR) is 124 cm³/mol. The third kappa shape index (κ3) is 5.10. The van der Waals surface area contributed by atoms with Crippen LogP contribution in [0.25, 0.3) is 11.1 Å². The van der Waals surface area contributed by atoms with E-state index in [2.05, 4.69) is 0 Å². The van der Waals surface area contributed by atoms with Gasteiger partial charge in [0.05, 0.1) is 5.56 Å². The van der Waals surface area contributed by atoms with Gasteiger partial charge in [-0.2, -0.15) is 0 Å². The van der Waals surface area contributed by atoms with Crippen molar-refractivity contribution in [2.24, 2.45) is 0 Å². The van der Waals surface area contributed by atoms with E-state index in [1.54, 1.807) is 36.6 Å². The second-order valence-corrected chi connectivity index (χ2v) is 9.21. The molecule has 1 unspecified atom stereocenters. The normalized spacial score (nSPS) is 14.4. The number of halogens is 2. The molecule has 0 saturated carbocycles. The quantitative estimate of drug-likeness (QED) is 0.427. The van der Waals surface area contributed by atoms with Gasteiger partial charge in [0.2, 0.25) is 0 Å². The molecule has 7 heteroatoms. The van der Waals surface area contributed by atoms with E-state index in [1.165, 1.54) is 12.1 Å². The molecule has 1 atom stereocenters. The molecule has 0 spiro atoms. The highest BCUT2D eigenvalue weighted by Gasteiger charge is 2.23. The van der Waals surface area contributed by atoms with Crippen LogP contribution in [0.3, 0.4) is 0 Å². The largest absolute Gasteiger partial charge is 0.612 e. The molecule has 4 rings (SSSR count). The van der Waals surface area contributed by atoms with Gasteiger partial charge in [-0.1, -0.05) is 12.1 Å². The number of aromatic carboxylic acids is 1. The number of carboxylic acid groups (broad SMARTS) is 1. The van der Waals surface area contributed by atoms with Crippen molar-refractivity contribution in [1.29, 1.82) is 0 Å². The fourth-order valence-corrected chi connectivity index (χ4v) is 4.59. The highest BCUT2D eigenvalue weighted by atomic mass is 32.2. The lowest BCUT2D eigenvalue weighted by Crippen LogP contribution is -2.04. The van der Waals surface area contributed by atoms with Crippen molar-refractivity contribution in [3.63, 3.8) is 0 Å². The van der Waals surface area contributed by atoms with Crippen LogP contribution >= 0.6 is 0 Å². The molecule has 0 radical (unpaired) electrons. The van der Waals surface area contributed by atoms with E-state index >= 15 is 0 Å². The summed E-state index contributed by atoms with van der Waals surface area (Å²) >= 11 is -1.22. The van der Waals surface area contributed by atoms with Gasteiger partial charge in [-0.25, -0.2) is 13.6 Å². The van der Waals surface area contributed by atoms with Gasteiger partial charge in [-0.05, 0) is 83.5 Å². The minimum absolute atomic E-state index is 0.0925. The van der Waals surface area contributed by atoms with E-state index in [1.807, 2.05) is 12.1 Å². The Bertz CT molecular complexity index is 1240. The lowest BCUT2D eigenvalue weighted by molar-refractivity contribution is 0.0697. The Labute approximate surface area is 193 Å². The Morgan fingerprint density at radius 1 is 1.06 bits per heavy atom. The number of hydrogen-bond acceptors (Lipinski definition) is 3. The average molecular weight is 469 g/mol. The fourth-order valence-electron chi connectivity index (χ4n) is 4.04. The van der Waals surface area contributed by atoms with Gasteiger partial charge in [-0.15, -0.1) is 0 Å². The van der Waals surface area contributed by atoms with E-state index in [4.69, 9.17) is 4.74 Å². The van der Waals surface area contributed by atoms with Gasteiger partial charge in [0.1, 0.15) is 30.2 Å². The van der Waals surface area contributed by atoms with E-state index < -0.39 is 28.8 Å². The smallest absolute Gasteiger partial charge is 0.335 e. The van der Waals surface area contributed by atoms with Crippen LogP contribution in [0.1, 0.15) is 46.3 Å². The van der Waals surface area contributed by atoms with Crippen LogP contribution in [0.2, 0.25) is 0 Å². The number of allylic oxidation sites excluding steroid dienone is 2. The highest BCUT2D eigenvalue weighted by molar-refractivity contribution is 7.90. The Morgan fingerprint density at radius 3 is 2.58 bits per heavy atom. The Hall–Kier alpha value is -3.16. The molecular formula is C26H22F2O4S. The molecule has 33 heavy (non-hydrogen) atoms. The van der Waals surface area contributed by atoms with Crippen LogP contribution in [0, 0.1) is 11.6 Å². The van der Waals surface area contributed by atoms with Crippen LogP contribution < -0.4 is 4.74 Å².